The van der Waals surface area contributed by atoms with Crippen LogP contribution < -0.4 is 15.6 Å². The molecule has 0 fully saturated rings. The van der Waals surface area contributed by atoms with Crippen molar-refractivity contribution in [1.82, 2.24) is 10.9 Å². The van der Waals surface area contributed by atoms with Gasteiger partial charge in [-0.15, -0.1) is 0 Å². The summed E-state index contributed by atoms with van der Waals surface area (Å²) in [6.45, 7) is -0.288. The summed E-state index contributed by atoms with van der Waals surface area (Å²) in [7, 11) is 0. The Hall–Kier alpha value is -4.26. The van der Waals surface area contributed by atoms with E-state index in [2.05, 4.69) is 21.1 Å². The zero-order valence-corrected chi connectivity index (χ0v) is 16.1. The number of hydrazone groups is 2. The SMILES string of the molecule is O=C(COc1ccccc1C(=O)N/N=C\c1ccccc1)N/N=C/c1ccccc1. The molecule has 0 aliphatic carbocycles. The number of amides is 2. The highest BCUT2D eigenvalue weighted by atomic mass is 16.5. The topological polar surface area (TPSA) is 92.2 Å². The predicted octanol–water partition coefficient (Wildman–Crippen LogP) is 2.98. The minimum atomic E-state index is -0.445. The normalized spacial score (nSPS) is 10.8. The molecule has 7 heteroatoms. The fourth-order valence-electron chi connectivity index (χ4n) is 2.44. The molecule has 0 aromatic heterocycles. The molecule has 7 nitrogen and oxygen atoms in total. The van der Waals surface area contributed by atoms with Crippen LogP contribution in [-0.2, 0) is 4.79 Å². The van der Waals surface area contributed by atoms with Crippen molar-refractivity contribution in [2.24, 2.45) is 10.2 Å². The predicted molar refractivity (Wildman–Crippen MR) is 116 cm³/mol. The van der Waals surface area contributed by atoms with E-state index in [1.807, 2.05) is 60.7 Å². The maximum absolute atomic E-state index is 12.4. The molecule has 0 aliphatic heterocycles. The molecule has 0 heterocycles. The molecule has 3 aromatic carbocycles. The van der Waals surface area contributed by atoms with Crippen LogP contribution >= 0.6 is 0 Å². The lowest BCUT2D eigenvalue weighted by Crippen LogP contribution is -2.25. The van der Waals surface area contributed by atoms with Crippen molar-refractivity contribution in [3.8, 4) is 5.75 Å². The molecule has 3 rings (SSSR count). The van der Waals surface area contributed by atoms with E-state index >= 15 is 0 Å². The van der Waals surface area contributed by atoms with Crippen LogP contribution in [-0.4, -0.2) is 30.9 Å². The van der Waals surface area contributed by atoms with Gasteiger partial charge in [0, 0.05) is 0 Å². The van der Waals surface area contributed by atoms with Gasteiger partial charge < -0.3 is 4.74 Å². The molecule has 0 aliphatic rings. The Labute approximate surface area is 174 Å². The largest absolute Gasteiger partial charge is 0.483 e. The van der Waals surface area contributed by atoms with E-state index < -0.39 is 11.8 Å². The Morgan fingerprint density at radius 3 is 1.90 bits per heavy atom. The van der Waals surface area contributed by atoms with Gasteiger partial charge in [0.1, 0.15) is 5.75 Å². The quantitative estimate of drug-likeness (QED) is 0.450. The first kappa shape index (κ1) is 20.5. The third-order valence-electron chi connectivity index (χ3n) is 3.87. The van der Waals surface area contributed by atoms with Crippen molar-refractivity contribution in [2.45, 2.75) is 0 Å². The fraction of sp³-hybridized carbons (Fsp3) is 0.0435. The zero-order valence-electron chi connectivity index (χ0n) is 16.1. The van der Waals surface area contributed by atoms with Crippen LogP contribution in [0.15, 0.2) is 95.1 Å². The van der Waals surface area contributed by atoms with Gasteiger partial charge in [-0.05, 0) is 23.3 Å². The van der Waals surface area contributed by atoms with E-state index in [1.165, 1.54) is 6.21 Å². The summed E-state index contributed by atoms with van der Waals surface area (Å²) in [4.78, 5) is 24.3. The highest BCUT2D eigenvalue weighted by molar-refractivity contribution is 5.97. The number of hydrogen-bond donors (Lipinski definition) is 2. The maximum atomic E-state index is 12.4. The monoisotopic (exact) mass is 400 g/mol. The molecule has 3 aromatic rings. The number of benzene rings is 3. The first-order valence-electron chi connectivity index (χ1n) is 9.19. The van der Waals surface area contributed by atoms with E-state index in [0.717, 1.165) is 11.1 Å². The molecule has 0 atom stereocenters. The van der Waals surface area contributed by atoms with Gasteiger partial charge in [0.25, 0.3) is 11.8 Å². The van der Waals surface area contributed by atoms with Crippen LogP contribution in [0, 0.1) is 0 Å². The summed E-state index contributed by atoms with van der Waals surface area (Å²) in [6, 6.07) is 25.4. The number of ether oxygens (including phenoxy) is 1. The first-order valence-corrected chi connectivity index (χ1v) is 9.19. The number of rotatable bonds is 8. The average Bonchev–Trinajstić information content (AvgIpc) is 2.79. The lowest BCUT2D eigenvalue weighted by atomic mass is 10.2. The number of hydrogen-bond acceptors (Lipinski definition) is 5. The lowest BCUT2D eigenvalue weighted by molar-refractivity contribution is -0.123. The molecule has 150 valence electrons. The van der Waals surface area contributed by atoms with Gasteiger partial charge in [-0.1, -0.05) is 72.8 Å². The molecule has 0 radical (unpaired) electrons. The third kappa shape index (κ3) is 6.42. The standard InChI is InChI=1S/C23H20N4O3/c28-22(26-24-15-18-9-3-1-4-10-18)17-30-21-14-8-7-13-20(21)23(29)27-25-16-19-11-5-2-6-12-19/h1-16H,17H2,(H,26,28)(H,27,29)/b24-15+,25-16-. The van der Waals surface area contributed by atoms with Crippen LogP contribution in [0.1, 0.15) is 21.5 Å². The van der Waals surface area contributed by atoms with Gasteiger partial charge >= 0.3 is 0 Å². The van der Waals surface area contributed by atoms with Crippen molar-refractivity contribution < 1.29 is 14.3 Å². The Morgan fingerprint density at radius 1 is 0.733 bits per heavy atom. The van der Waals surface area contributed by atoms with E-state index in [-0.39, 0.29) is 17.9 Å². The Kier molecular flexibility index (Phi) is 7.45. The highest BCUT2D eigenvalue weighted by Gasteiger charge is 2.12. The van der Waals surface area contributed by atoms with Gasteiger partial charge in [0.15, 0.2) is 6.61 Å². The van der Waals surface area contributed by atoms with Crippen molar-refractivity contribution in [1.29, 1.82) is 0 Å². The summed E-state index contributed by atoms with van der Waals surface area (Å²) in [5.74, 6) is -0.619. The number of nitrogens with zero attached hydrogens (tertiary/aromatic N) is 2. The fourth-order valence-corrected chi connectivity index (χ4v) is 2.44. The van der Waals surface area contributed by atoms with Gasteiger partial charge in [0.05, 0.1) is 18.0 Å². The van der Waals surface area contributed by atoms with Crippen LogP contribution in [0.3, 0.4) is 0 Å². The number of carbonyl (C=O) groups is 2. The molecular formula is C23H20N4O3. The maximum Gasteiger partial charge on any atom is 0.277 e. The minimum Gasteiger partial charge on any atom is -0.483 e. The van der Waals surface area contributed by atoms with Crippen molar-refractivity contribution in [3.63, 3.8) is 0 Å². The highest BCUT2D eigenvalue weighted by Crippen LogP contribution is 2.17. The second-order valence-electron chi connectivity index (χ2n) is 6.10. The van der Waals surface area contributed by atoms with Crippen LogP contribution in [0.5, 0.6) is 5.75 Å². The lowest BCUT2D eigenvalue weighted by Gasteiger charge is -2.09. The summed E-state index contributed by atoms with van der Waals surface area (Å²) in [6.07, 6.45) is 3.07. The molecule has 0 saturated carbocycles. The molecule has 2 amide bonds. The number of nitrogens with one attached hydrogen (secondary N) is 2. The van der Waals surface area contributed by atoms with Gasteiger partial charge in [0.2, 0.25) is 0 Å². The van der Waals surface area contributed by atoms with E-state index in [0.29, 0.717) is 0 Å². The van der Waals surface area contributed by atoms with Crippen LogP contribution in [0.25, 0.3) is 0 Å². The van der Waals surface area contributed by atoms with Crippen molar-refractivity contribution in [2.75, 3.05) is 6.61 Å². The summed E-state index contributed by atoms with van der Waals surface area (Å²) < 4.78 is 5.49. The molecule has 0 saturated heterocycles. The van der Waals surface area contributed by atoms with Gasteiger partial charge in [-0.2, -0.15) is 10.2 Å². The summed E-state index contributed by atoms with van der Waals surface area (Å²) in [5, 5.41) is 7.82. The minimum absolute atomic E-state index is 0.267. The number of carbonyl (C=O) groups excluding carboxylic acids is 2. The Bertz CT molecular complexity index is 1030. The molecule has 0 spiro atoms. The second kappa shape index (κ2) is 10.9. The zero-order chi connectivity index (χ0) is 21.0. The molecule has 2 N–H and O–H groups in total. The third-order valence-corrected chi connectivity index (χ3v) is 3.87. The first-order chi connectivity index (χ1) is 14.7. The summed E-state index contributed by atoms with van der Waals surface area (Å²) in [5.41, 5.74) is 6.82. The molecule has 30 heavy (non-hydrogen) atoms. The van der Waals surface area contributed by atoms with Gasteiger partial charge in [-0.3, -0.25) is 9.59 Å². The second-order valence-corrected chi connectivity index (χ2v) is 6.10. The molecule has 0 unspecified atom stereocenters. The Morgan fingerprint density at radius 2 is 1.27 bits per heavy atom. The average molecular weight is 400 g/mol. The van der Waals surface area contributed by atoms with Crippen molar-refractivity contribution in [3.05, 3.63) is 102 Å². The number of para-hydroxylation sites is 1. The van der Waals surface area contributed by atoms with Crippen molar-refractivity contribution >= 4 is 24.2 Å². The molecular weight excluding hydrogens is 380 g/mol. The Balaban J connectivity index is 1.53. The van der Waals surface area contributed by atoms with Crippen LogP contribution in [0.2, 0.25) is 0 Å². The van der Waals surface area contributed by atoms with E-state index in [1.54, 1.807) is 30.5 Å². The molecule has 0 bridgehead atoms. The van der Waals surface area contributed by atoms with Crippen LogP contribution in [0.4, 0.5) is 0 Å². The van der Waals surface area contributed by atoms with E-state index in [9.17, 15) is 9.59 Å². The smallest absolute Gasteiger partial charge is 0.277 e. The van der Waals surface area contributed by atoms with E-state index in [4.69, 9.17) is 4.74 Å². The van der Waals surface area contributed by atoms with Gasteiger partial charge in [-0.25, -0.2) is 10.9 Å². The summed E-state index contributed by atoms with van der Waals surface area (Å²) >= 11 is 0.